The van der Waals surface area contributed by atoms with Gasteiger partial charge >= 0.3 is 0 Å². The van der Waals surface area contributed by atoms with Crippen LogP contribution in [0.25, 0.3) is 0 Å². The molecule has 0 N–H and O–H groups in total. The first-order valence-electron chi connectivity index (χ1n) is 7.49. The molecule has 1 aromatic heterocycles. The molecule has 1 aliphatic heterocycles. The number of pyridine rings is 1. The summed E-state index contributed by atoms with van der Waals surface area (Å²) >= 11 is 12.5. The smallest absolute Gasteiger partial charge is 0.254 e. The molecule has 0 aliphatic carbocycles. The van der Waals surface area contributed by atoms with E-state index in [9.17, 15) is 4.79 Å². The predicted molar refractivity (Wildman–Crippen MR) is 91.9 cm³/mol. The standard InChI is InChI=1S/C17H17Cl2N3O/c18-15-2-1-3-16(19)14(15)12-21-8-10-22(11-9-21)17(23)13-4-6-20-7-5-13/h1-7H,8-12H2. The first-order valence-corrected chi connectivity index (χ1v) is 8.25. The lowest BCUT2D eigenvalue weighted by molar-refractivity contribution is 0.0628. The molecule has 1 aromatic carbocycles. The fourth-order valence-corrected chi connectivity index (χ4v) is 3.21. The summed E-state index contributed by atoms with van der Waals surface area (Å²) in [7, 11) is 0. The van der Waals surface area contributed by atoms with Crippen molar-refractivity contribution in [2.75, 3.05) is 26.2 Å². The number of halogens is 2. The minimum Gasteiger partial charge on any atom is -0.336 e. The van der Waals surface area contributed by atoms with E-state index in [0.29, 0.717) is 35.2 Å². The first-order chi connectivity index (χ1) is 11.1. The summed E-state index contributed by atoms with van der Waals surface area (Å²) in [5.41, 5.74) is 1.63. The van der Waals surface area contributed by atoms with Crippen LogP contribution in [0.2, 0.25) is 10.0 Å². The van der Waals surface area contributed by atoms with Crippen molar-refractivity contribution >= 4 is 29.1 Å². The zero-order chi connectivity index (χ0) is 16.2. The first kappa shape index (κ1) is 16.2. The number of hydrogen-bond acceptors (Lipinski definition) is 3. The number of aromatic nitrogens is 1. The number of rotatable bonds is 3. The van der Waals surface area contributed by atoms with Gasteiger partial charge in [0.2, 0.25) is 0 Å². The number of piperazine rings is 1. The molecule has 0 saturated carbocycles. The molecule has 0 unspecified atom stereocenters. The van der Waals surface area contributed by atoms with Crippen LogP contribution in [0.3, 0.4) is 0 Å². The highest BCUT2D eigenvalue weighted by Crippen LogP contribution is 2.26. The Morgan fingerprint density at radius 3 is 2.22 bits per heavy atom. The quantitative estimate of drug-likeness (QED) is 0.852. The number of carbonyl (C=O) groups excluding carboxylic acids is 1. The van der Waals surface area contributed by atoms with Crippen molar-refractivity contribution in [2.24, 2.45) is 0 Å². The Morgan fingerprint density at radius 2 is 1.61 bits per heavy atom. The lowest BCUT2D eigenvalue weighted by Crippen LogP contribution is -2.48. The number of nitrogens with zero attached hydrogens (tertiary/aromatic N) is 3. The van der Waals surface area contributed by atoms with Crippen molar-refractivity contribution < 1.29 is 4.79 Å². The van der Waals surface area contributed by atoms with Crippen LogP contribution in [0, 0.1) is 0 Å². The fraction of sp³-hybridized carbons (Fsp3) is 0.294. The van der Waals surface area contributed by atoms with E-state index in [0.717, 1.165) is 18.7 Å². The number of carbonyl (C=O) groups is 1. The molecule has 0 spiro atoms. The van der Waals surface area contributed by atoms with Crippen molar-refractivity contribution in [2.45, 2.75) is 6.54 Å². The van der Waals surface area contributed by atoms with Crippen LogP contribution in [0.15, 0.2) is 42.7 Å². The van der Waals surface area contributed by atoms with Gasteiger partial charge in [0, 0.05) is 66.3 Å². The molecule has 1 saturated heterocycles. The molecular formula is C17H17Cl2N3O. The molecule has 4 nitrogen and oxygen atoms in total. The summed E-state index contributed by atoms with van der Waals surface area (Å²) in [4.78, 5) is 20.5. The molecule has 0 bridgehead atoms. The number of amides is 1. The van der Waals surface area contributed by atoms with Crippen LogP contribution in [0.5, 0.6) is 0 Å². The number of benzene rings is 1. The largest absolute Gasteiger partial charge is 0.336 e. The molecule has 120 valence electrons. The van der Waals surface area contributed by atoms with Crippen molar-refractivity contribution in [3.8, 4) is 0 Å². The summed E-state index contributed by atoms with van der Waals surface area (Å²) in [6.07, 6.45) is 3.28. The summed E-state index contributed by atoms with van der Waals surface area (Å²) in [5, 5.41) is 1.38. The van der Waals surface area contributed by atoms with E-state index in [1.807, 2.05) is 23.1 Å². The molecule has 1 amide bonds. The Balaban J connectivity index is 1.60. The average molecular weight is 350 g/mol. The highest BCUT2D eigenvalue weighted by Gasteiger charge is 2.23. The third-order valence-corrected chi connectivity index (χ3v) is 4.74. The van der Waals surface area contributed by atoms with E-state index >= 15 is 0 Å². The van der Waals surface area contributed by atoms with E-state index < -0.39 is 0 Å². The third kappa shape index (κ3) is 3.83. The van der Waals surface area contributed by atoms with E-state index in [4.69, 9.17) is 23.2 Å². The lowest BCUT2D eigenvalue weighted by Gasteiger charge is -2.35. The normalized spacial score (nSPS) is 15.7. The molecule has 2 heterocycles. The average Bonchev–Trinajstić information content (AvgIpc) is 2.59. The second-order valence-electron chi connectivity index (χ2n) is 5.50. The van der Waals surface area contributed by atoms with Crippen molar-refractivity contribution in [3.05, 3.63) is 63.9 Å². The molecule has 2 aromatic rings. The second kappa shape index (κ2) is 7.30. The zero-order valence-electron chi connectivity index (χ0n) is 12.6. The zero-order valence-corrected chi connectivity index (χ0v) is 14.1. The Kier molecular flexibility index (Phi) is 5.16. The van der Waals surface area contributed by atoms with E-state index in [-0.39, 0.29) is 5.91 Å². The van der Waals surface area contributed by atoms with E-state index in [1.54, 1.807) is 24.5 Å². The summed E-state index contributed by atoms with van der Waals surface area (Å²) in [5.74, 6) is 0.0582. The van der Waals surface area contributed by atoms with Gasteiger partial charge in [-0.15, -0.1) is 0 Å². The fourth-order valence-electron chi connectivity index (χ4n) is 2.69. The van der Waals surface area contributed by atoms with Crippen molar-refractivity contribution in [1.29, 1.82) is 0 Å². The van der Waals surface area contributed by atoms with Gasteiger partial charge in [-0.1, -0.05) is 29.3 Å². The summed E-state index contributed by atoms with van der Waals surface area (Å²) in [6, 6.07) is 9.05. The Bertz CT molecular complexity index is 665. The Labute approximate surface area is 145 Å². The Morgan fingerprint density at radius 1 is 1.00 bits per heavy atom. The maximum Gasteiger partial charge on any atom is 0.254 e. The third-order valence-electron chi connectivity index (χ3n) is 4.03. The van der Waals surface area contributed by atoms with Gasteiger partial charge in [0.25, 0.3) is 5.91 Å². The van der Waals surface area contributed by atoms with Crippen LogP contribution >= 0.6 is 23.2 Å². The molecule has 3 rings (SSSR count). The van der Waals surface area contributed by atoms with Gasteiger partial charge in [-0.3, -0.25) is 14.7 Å². The summed E-state index contributed by atoms with van der Waals surface area (Å²) in [6.45, 7) is 3.71. The van der Waals surface area contributed by atoms with Crippen LogP contribution in [0.1, 0.15) is 15.9 Å². The summed E-state index contributed by atoms with van der Waals surface area (Å²) < 4.78 is 0. The second-order valence-corrected chi connectivity index (χ2v) is 6.32. The molecule has 6 heteroatoms. The maximum absolute atomic E-state index is 12.4. The molecule has 23 heavy (non-hydrogen) atoms. The van der Waals surface area contributed by atoms with Gasteiger partial charge in [0.1, 0.15) is 0 Å². The predicted octanol–water partition coefficient (Wildman–Crippen LogP) is 3.35. The van der Waals surface area contributed by atoms with Crippen LogP contribution in [0.4, 0.5) is 0 Å². The van der Waals surface area contributed by atoms with Gasteiger partial charge in [-0.25, -0.2) is 0 Å². The van der Waals surface area contributed by atoms with E-state index in [1.165, 1.54) is 0 Å². The monoisotopic (exact) mass is 349 g/mol. The van der Waals surface area contributed by atoms with Gasteiger partial charge in [-0.05, 0) is 24.3 Å². The van der Waals surface area contributed by atoms with Gasteiger partial charge in [0.15, 0.2) is 0 Å². The highest BCUT2D eigenvalue weighted by molar-refractivity contribution is 6.35. The van der Waals surface area contributed by atoms with Crippen LogP contribution in [-0.4, -0.2) is 46.9 Å². The van der Waals surface area contributed by atoms with E-state index in [2.05, 4.69) is 9.88 Å². The molecule has 1 fully saturated rings. The highest BCUT2D eigenvalue weighted by atomic mass is 35.5. The maximum atomic E-state index is 12.4. The molecule has 1 aliphatic rings. The minimum atomic E-state index is 0.0582. The topological polar surface area (TPSA) is 36.4 Å². The van der Waals surface area contributed by atoms with Gasteiger partial charge in [0.05, 0.1) is 0 Å². The van der Waals surface area contributed by atoms with Crippen LogP contribution in [-0.2, 0) is 6.54 Å². The van der Waals surface area contributed by atoms with Gasteiger partial charge in [-0.2, -0.15) is 0 Å². The minimum absolute atomic E-state index is 0.0582. The Hall–Kier alpha value is -1.62. The lowest BCUT2D eigenvalue weighted by atomic mass is 10.1. The van der Waals surface area contributed by atoms with Crippen LogP contribution < -0.4 is 0 Å². The molecule has 0 radical (unpaired) electrons. The van der Waals surface area contributed by atoms with Crippen molar-refractivity contribution in [1.82, 2.24) is 14.8 Å². The molecular weight excluding hydrogens is 333 g/mol. The van der Waals surface area contributed by atoms with Crippen molar-refractivity contribution in [3.63, 3.8) is 0 Å². The molecule has 0 atom stereocenters. The van der Waals surface area contributed by atoms with Gasteiger partial charge < -0.3 is 4.90 Å². The SMILES string of the molecule is O=C(c1ccncc1)N1CCN(Cc2c(Cl)cccc2Cl)CC1. The number of hydrogen-bond donors (Lipinski definition) is 0.